The van der Waals surface area contributed by atoms with Crippen molar-refractivity contribution in [2.45, 2.75) is 31.7 Å². The predicted molar refractivity (Wildman–Crippen MR) is 93.4 cm³/mol. The molecule has 6 heteroatoms. The van der Waals surface area contributed by atoms with E-state index in [0.29, 0.717) is 12.0 Å². The number of aromatic hydroxyl groups is 2. The smallest absolute Gasteiger partial charge is 0.124 e. The van der Waals surface area contributed by atoms with E-state index in [-0.39, 0.29) is 36.3 Å². The first-order chi connectivity index (χ1) is 9.75. The Hall–Kier alpha value is -0.680. The monoisotopic (exact) mass is 348 g/mol. The Morgan fingerprint density at radius 3 is 2.27 bits per heavy atom. The molecule has 3 N–H and O–H groups in total. The average Bonchev–Trinajstić information content (AvgIpc) is 2.97. The van der Waals surface area contributed by atoms with Crippen molar-refractivity contribution in [3.63, 3.8) is 0 Å². The summed E-state index contributed by atoms with van der Waals surface area (Å²) >= 11 is 0. The highest BCUT2D eigenvalue weighted by atomic mass is 35.5. The second-order valence-electron chi connectivity index (χ2n) is 6.02. The topological polar surface area (TPSA) is 55.7 Å². The summed E-state index contributed by atoms with van der Waals surface area (Å²) in [4.78, 5) is 2.50. The lowest BCUT2D eigenvalue weighted by molar-refractivity contribution is 0.123. The molecule has 1 aromatic rings. The van der Waals surface area contributed by atoms with Crippen molar-refractivity contribution >= 4 is 24.8 Å². The van der Waals surface area contributed by atoms with Gasteiger partial charge in [-0.15, -0.1) is 24.8 Å². The fourth-order valence-electron chi connectivity index (χ4n) is 3.76. The first kappa shape index (κ1) is 19.4. The van der Waals surface area contributed by atoms with Crippen LogP contribution < -0.4 is 5.32 Å². The Morgan fingerprint density at radius 2 is 1.68 bits per heavy atom. The Labute approximate surface area is 144 Å². The summed E-state index contributed by atoms with van der Waals surface area (Å²) in [7, 11) is 0. The van der Waals surface area contributed by atoms with Crippen LogP contribution in [0.15, 0.2) is 18.2 Å². The third-order valence-electron chi connectivity index (χ3n) is 4.72. The maximum Gasteiger partial charge on any atom is 0.124 e. The quantitative estimate of drug-likeness (QED) is 0.785. The van der Waals surface area contributed by atoms with Crippen molar-refractivity contribution in [3.05, 3.63) is 23.8 Å². The Bertz CT molecular complexity index is 461. The van der Waals surface area contributed by atoms with Crippen LogP contribution in [-0.4, -0.2) is 41.3 Å². The summed E-state index contributed by atoms with van der Waals surface area (Å²) in [6, 6.07) is 5.36. The van der Waals surface area contributed by atoms with Gasteiger partial charge in [-0.2, -0.15) is 0 Å². The number of piperazine rings is 1. The lowest BCUT2D eigenvalue weighted by Gasteiger charge is -2.38. The molecule has 0 aromatic heterocycles. The van der Waals surface area contributed by atoms with Gasteiger partial charge in [-0.1, -0.05) is 18.9 Å². The molecule has 0 radical (unpaired) electrons. The zero-order valence-electron chi connectivity index (χ0n) is 12.7. The number of phenols is 2. The van der Waals surface area contributed by atoms with Gasteiger partial charge in [0.1, 0.15) is 11.5 Å². The molecule has 1 saturated heterocycles. The van der Waals surface area contributed by atoms with Gasteiger partial charge in [0.2, 0.25) is 0 Å². The third-order valence-corrected chi connectivity index (χ3v) is 4.72. The minimum atomic E-state index is 0. The van der Waals surface area contributed by atoms with E-state index in [1.807, 2.05) is 6.07 Å². The van der Waals surface area contributed by atoms with Crippen LogP contribution in [0.25, 0.3) is 0 Å². The fraction of sp³-hybridized carbons (Fsp3) is 0.625. The van der Waals surface area contributed by atoms with Gasteiger partial charge in [-0.25, -0.2) is 0 Å². The van der Waals surface area contributed by atoms with Crippen LogP contribution >= 0.6 is 24.8 Å². The van der Waals surface area contributed by atoms with Crippen LogP contribution in [0, 0.1) is 5.92 Å². The van der Waals surface area contributed by atoms with E-state index in [0.717, 1.165) is 31.7 Å². The highest BCUT2D eigenvalue weighted by molar-refractivity contribution is 5.85. The molecule has 22 heavy (non-hydrogen) atoms. The van der Waals surface area contributed by atoms with Crippen molar-refractivity contribution in [3.8, 4) is 11.5 Å². The van der Waals surface area contributed by atoms with Crippen LogP contribution in [-0.2, 0) is 0 Å². The molecule has 1 aromatic carbocycles. The van der Waals surface area contributed by atoms with Crippen molar-refractivity contribution in [2.24, 2.45) is 5.92 Å². The molecule has 1 aliphatic carbocycles. The van der Waals surface area contributed by atoms with Crippen LogP contribution in [0.2, 0.25) is 0 Å². The van der Waals surface area contributed by atoms with Crippen molar-refractivity contribution < 1.29 is 10.2 Å². The second kappa shape index (κ2) is 8.82. The highest BCUT2D eigenvalue weighted by Crippen LogP contribution is 2.43. The second-order valence-corrected chi connectivity index (χ2v) is 6.02. The molecule has 2 aliphatic rings. The molecular weight excluding hydrogens is 323 g/mol. The Morgan fingerprint density at radius 1 is 1.05 bits per heavy atom. The van der Waals surface area contributed by atoms with Gasteiger partial charge in [-0.3, -0.25) is 4.90 Å². The highest BCUT2D eigenvalue weighted by Gasteiger charge is 2.33. The number of nitrogens with one attached hydrogen (secondary N) is 1. The van der Waals surface area contributed by atoms with Crippen LogP contribution in [0.4, 0.5) is 0 Å². The molecule has 3 rings (SSSR count). The van der Waals surface area contributed by atoms with Crippen molar-refractivity contribution in [1.82, 2.24) is 10.2 Å². The zero-order chi connectivity index (χ0) is 13.9. The van der Waals surface area contributed by atoms with Crippen LogP contribution in [0.3, 0.4) is 0 Å². The molecule has 126 valence electrons. The van der Waals surface area contributed by atoms with E-state index in [1.165, 1.54) is 31.7 Å². The summed E-state index contributed by atoms with van der Waals surface area (Å²) < 4.78 is 0. The molecule has 4 nitrogen and oxygen atoms in total. The summed E-state index contributed by atoms with van der Waals surface area (Å²) in [5.74, 6) is 1.00. The van der Waals surface area contributed by atoms with E-state index < -0.39 is 0 Å². The largest absolute Gasteiger partial charge is 0.508 e. The molecule has 0 bridgehead atoms. The summed E-state index contributed by atoms with van der Waals surface area (Å²) in [6.07, 6.45) is 5.09. The Balaban J connectivity index is 0.00000121. The van der Waals surface area contributed by atoms with E-state index >= 15 is 0 Å². The molecule has 1 saturated carbocycles. The van der Waals surface area contributed by atoms with E-state index in [1.54, 1.807) is 6.07 Å². The van der Waals surface area contributed by atoms with Crippen molar-refractivity contribution in [1.29, 1.82) is 0 Å². The lowest BCUT2D eigenvalue weighted by atomic mass is 9.89. The zero-order valence-corrected chi connectivity index (χ0v) is 14.3. The average molecular weight is 349 g/mol. The van der Waals surface area contributed by atoms with Gasteiger partial charge in [-0.05, 0) is 24.8 Å². The molecule has 0 amide bonds. The first-order valence-corrected chi connectivity index (χ1v) is 7.72. The van der Waals surface area contributed by atoms with Crippen LogP contribution in [0.5, 0.6) is 11.5 Å². The van der Waals surface area contributed by atoms with E-state index in [9.17, 15) is 10.2 Å². The summed E-state index contributed by atoms with van der Waals surface area (Å²) in [5, 5.41) is 23.2. The molecule has 1 aliphatic heterocycles. The number of phenolic OH excluding ortho intramolecular Hbond substituents is 2. The van der Waals surface area contributed by atoms with Gasteiger partial charge in [0.05, 0.1) is 0 Å². The molecule has 1 heterocycles. The minimum Gasteiger partial charge on any atom is -0.508 e. The molecule has 2 fully saturated rings. The minimum absolute atomic E-state index is 0. The van der Waals surface area contributed by atoms with Crippen molar-refractivity contribution in [2.75, 3.05) is 26.2 Å². The predicted octanol–water partition coefficient (Wildman–Crippen LogP) is 3.08. The summed E-state index contributed by atoms with van der Waals surface area (Å²) in [6.45, 7) is 4.09. The molecular formula is C16H26Cl2N2O2. The van der Waals surface area contributed by atoms with E-state index in [2.05, 4.69) is 10.2 Å². The number of nitrogens with zero attached hydrogens (tertiary/aromatic N) is 1. The molecule has 0 spiro atoms. The Kier molecular flexibility index (Phi) is 7.77. The van der Waals surface area contributed by atoms with Gasteiger partial charge in [0, 0.05) is 43.9 Å². The lowest BCUT2D eigenvalue weighted by Crippen LogP contribution is -2.46. The number of hydrogen-bond donors (Lipinski definition) is 3. The van der Waals surface area contributed by atoms with Gasteiger partial charge >= 0.3 is 0 Å². The standard InChI is InChI=1S/C16H24N2O2.2ClH/c19-13-5-6-14(15(20)11-13)16(12-3-1-2-4-12)18-9-7-17-8-10-18;;/h5-6,11-12,16-17,19-20H,1-4,7-10H2;2*1H/t16-;;/m0../s1. The van der Waals surface area contributed by atoms with Gasteiger partial charge < -0.3 is 15.5 Å². The first-order valence-electron chi connectivity index (χ1n) is 7.72. The number of rotatable bonds is 3. The van der Waals surface area contributed by atoms with Gasteiger partial charge in [0.15, 0.2) is 0 Å². The SMILES string of the molecule is Cl.Cl.Oc1ccc([C@H](C2CCCC2)N2CCNCC2)c(O)c1. The third kappa shape index (κ3) is 4.19. The normalized spacial score (nSPS) is 20.9. The number of benzene rings is 1. The van der Waals surface area contributed by atoms with Gasteiger partial charge in [0.25, 0.3) is 0 Å². The maximum absolute atomic E-state index is 10.3. The van der Waals surface area contributed by atoms with E-state index in [4.69, 9.17) is 0 Å². The number of halogens is 2. The summed E-state index contributed by atoms with van der Waals surface area (Å²) in [5.41, 5.74) is 0.983. The maximum atomic E-state index is 10.3. The number of hydrogen-bond acceptors (Lipinski definition) is 4. The van der Waals surface area contributed by atoms with Crippen LogP contribution in [0.1, 0.15) is 37.3 Å². The fourth-order valence-corrected chi connectivity index (χ4v) is 3.76. The molecule has 1 atom stereocenters. The molecule has 0 unspecified atom stereocenters.